The molecule has 1 saturated heterocycles. The Kier molecular flexibility index (Phi) is 3.82. The monoisotopic (exact) mass is 348 g/mol. The molecule has 9 heteroatoms. The van der Waals surface area contributed by atoms with Gasteiger partial charge in [0.2, 0.25) is 0 Å². The topological polar surface area (TPSA) is 114 Å². The van der Waals surface area contributed by atoms with Crippen molar-refractivity contribution in [1.29, 1.82) is 0 Å². The van der Waals surface area contributed by atoms with E-state index in [0.29, 0.717) is 5.65 Å². The molecule has 4 rings (SSSR count). The molecule has 0 radical (unpaired) electrons. The first-order chi connectivity index (χ1) is 11.6. The highest BCUT2D eigenvalue weighted by Crippen LogP contribution is 2.37. The normalized spacial score (nSPS) is 27.2. The van der Waals surface area contributed by atoms with Gasteiger partial charge in [-0.05, 0) is 6.92 Å². The third-order valence-electron chi connectivity index (χ3n) is 4.25. The Labute approximate surface area is 141 Å². The van der Waals surface area contributed by atoms with Gasteiger partial charge in [0, 0.05) is 23.3 Å². The minimum absolute atomic E-state index is 0.374. The number of ether oxygens (including phenoxy) is 1. The van der Waals surface area contributed by atoms with E-state index in [1.807, 2.05) is 12.3 Å². The molecule has 3 N–H and O–H groups in total. The lowest BCUT2D eigenvalue weighted by Crippen LogP contribution is -2.33. The molecule has 24 heavy (non-hydrogen) atoms. The second-order valence-corrected chi connectivity index (χ2v) is 6.57. The van der Waals surface area contributed by atoms with Crippen molar-refractivity contribution in [3.8, 4) is 10.6 Å². The highest BCUT2D eigenvalue weighted by molar-refractivity contribution is 7.13. The van der Waals surface area contributed by atoms with Gasteiger partial charge in [-0.25, -0.2) is 15.0 Å². The van der Waals surface area contributed by atoms with Crippen LogP contribution in [0.3, 0.4) is 0 Å². The van der Waals surface area contributed by atoms with Gasteiger partial charge >= 0.3 is 0 Å². The first kappa shape index (κ1) is 15.6. The number of hydrogen-bond acceptors (Lipinski definition) is 8. The lowest BCUT2D eigenvalue weighted by Gasteiger charge is -2.17. The Morgan fingerprint density at radius 1 is 1.25 bits per heavy atom. The smallest absolute Gasteiger partial charge is 0.164 e. The van der Waals surface area contributed by atoms with Crippen molar-refractivity contribution in [2.45, 2.75) is 31.5 Å². The standard InChI is InChI=1S/C15H16N4O4S/c1-7-10-8(14-16-2-3-24-14)4-19(13(10)18-6-17-7)15-12(22)11(21)9(5-20)23-15/h2-4,6,9,11-12,15,20-22H,5H2,1H3/t9-,11-,12-,15-/m1/s1. The molecule has 3 aromatic heterocycles. The van der Waals surface area contributed by atoms with Crippen molar-refractivity contribution in [1.82, 2.24) is 19.5 Å². The molecule has 0 saturated carbocycles. The highest BCUT2D eigenvalue weighted by atomic mass is 32.1. The Morgan fingerprint density at radius 3 is 2.75 bits per heavy atom. The van der Waals surface area contributed by atoms with Gasteiger partial charge in [-0.15, -0.1) is 11.3 Å². The summed E-state index contributed by atoms with van der Waals surface area (Å²) in [7, 11) is 0. The van der Waals surface area contributed by atoms with Crippen LogP contribution in [0, 0.1) is 6.92 Å². The van der Waals surface area contributed by atoms with Crippen molar-refractivity contribution >= 4 is 22.4 Å². The van der Waals surface area contributed by atoms with Crippen molar-refractivity contribution in [3.05, 3.63) is 29.8 Å². The maximum Gasteiger partial charge on any atom is 0.164 e. The SMILES string of the molecule is Cc1ncnc2c1c(-c1nccs1)cn2[C@@H]1O[C@H](CO)[C@@H](O)[C@H]1O. The summed E-state index contributed by atoms with van der Waals surface area (Å²) in [5.74, 6) is 0. The van der Waals surface area contributed by atoms with E-state index in [-0.39, 0.29) is 6.61 Å². The van der Waals surface area contributed by atoms with Crippen LogP contribution in [-0.4, -0.2) is 59.8 Å². The van der Waals surface area contributed by atoms with E-state index < -0.39 is 24.5 Å². The van der Waals surface area contributed by atoms with Gasteiger partial charge in [0.15, 0.2) is 6.23 Å². The number of nitrogens with zero attached hydrogens (tertiary/aromatic N) is 4. The number of aliphatic hydroxyl groups excluding tert-OH is 3. The number of rotatable bonds is 3. The minimum atomic E-state index is -1.17. The maximum absolute atomic E-state index is 10.3. The van der Waals surface area contributed by atoms with E-state index in [1.165, 1.54) is 17.7 Å². The Hall–Kier alpha value is -1.91. The molecule has 0 unspecified atom stereocenters. The number of thiazole rings is 1. The molecule has 3 aromatic rings. The summed E-state index contributed by atoms with van der Waals surface area (Å²) in [6.45, 7) is 1.50. The fourth-order valence-electron chi connectivity index (χ4n) is 3.06. The number of aryl methyl sites for hydroxylation is 1. The van der Waals surface area contributed by atoms with Crippen molar-refractivity contribution in [3.63, 3.8) is 0 Å². The number of hydrogen-bond donors (Lipinski definition) is 3. The summed E-state index contributed by atoms with van der Waals surface area (Å²) in [5.41, 5.74) is 2.22. The van der Waals surface area contributed by atoms with Gasteiger partial charge in [-0.1, -0.05) is 0 Å². The fourth-order valence-corrected chi connectivity index (χ4v) is 3.71. The van der Waals surface area contributed by atoms with Crippen molar-refractivity contribution < 1.29 is 20.1 Å². The van der Waals surface area contributed by atoms with Crippen molar-refractivity contribution in [2.75, 3.05) is 6.61 Å². The number of fused-ring (bicyclic) bond motifs is 1. The third-order valence-corrected chi connectivity index (χ3v) is 5.06. The Balaban J connectivity index is 1.90. The van der Waals surface area contributed by atoms with Crippen LogP contribution in [0.5, 0.6) is 0 Å². The van der Waals surface area contributed by atoms with Crippen LogP contribution in [0.2, 0.25) is 0 Å². The first-order valence-electron chi connectivity index (χ1n) is 7.46. The Bertz CT molecular complexity index is 866. The van der Waals surface area contributed by atoms with Gasteiger partial charge < -0.3 is 24.6 Å². The highest BCUT2D eigenvalue weighted by Gasteiger charge is 2.44. The van der Waals surface area contributed by atoms with Crippen molar-refractivity contribution in [2.24, 2.45) is 0 Å². The first-order valence-corrected chi connectivity index (χ1v) is 8.34. The molecule has 126 valence electrons. The largest absolute Gasteiger partial charge is 0.394 e. The molecule has 0 aromatic carbocycles. The second kappa shape index (κ2) is 5.87. The zero-order valence-corrected chi connectivity index (χ0v) is 13.6. The van der Waals surface area contributed by atoms with E-state index in [9.17, 15) is 15.3 Å². The van der Waals surface area contributed by atoms with Gasteiger partial charge in [-0.3, -0.25) is 0 Å². The fraction of sp³-hybridized carbons (Fsp3) is 0.400. The van der Waals surface area contributed by atoms with Gasteiger partial charge in [0.25, 0.3) is 0 Å². The lowest BCUT2D eigenvalue weighted by atomic mass is 10.1. The van der Waals surface area contributed by atoms with Crippen LogP contribution in [0.25, 0.3) is 21.6 Å². The summed E-state index contributed by atoms with van der Waals surface area (Å²) in [6.07, 6.45) is 0.943. The van der Waals surface area contributed by atoms with Crippen LogP contribution in [0.4, 0.5) is 0 Å². The maximum atomic E-state index is 10.3. The average molecular weight is 348 g/mol. The molecule has 8 nitrogen and oxygen atoms in total. The minimum Gasteiger partial charge on any atom is -0.394 e. The molecule has 1 aliphatic heterocycles. The summed E-state index contributed by atoms with van der Waals surface area (Å²) >= 11 is 1.49. The Morgan fingerprint density at radius 2 is 2.08 bits per heavy atom. The third kappa shape index (κ3) is 2.25. The molecule has 0 bridgehead atoms. The summed E-state index contributed by atoms with van der Waals surface area (Å²) in [6, 6.07) is 0. The van der Waals surface area contributed by atoms with Crippen LogP contribution in [-0.2, 0) is 4.74 Å². The average Bonchev–Trinajstić information content (AvgIpc) is 3.28. The van der Waals surface area contributed by atoms with E-state index in [0.717, 1.165) is 21.7 Å². The number of aliphatic hydroxyl groups is 3. The van der Waals surface area contributed by atoms with E-state index in [4.69, 9.17) is 4.74 Å². The van der Waals surface area contributed by atoms with E-state index in [1.54, 1.807) is 17.0 Å². The number of aromatic nitrogens is 4. The van der Waals surface area contributed by atoms with Crippen LogP contribution < -0.4 is 0 Å². The molecule has 0 amide bonds. The zero-order valence-electron chi connectivity index (χ0n) is 12.8. The zero-order chi connectivity index (χ0) is 16.8. The molecular formula is C15H16N4O4S. The van der Waals surface area contributed by atoms with Gasteiger partial charge in [0.05, 0.1) is 17.7 Å². The summed E-state index contributed by atoms with van der Waals surface area (Å²) < 4.78 is 7.31. The van der Waals surface area contributed by atoms with Crippen LogP contribution in [0.1, 0.15) is 11.9 Å². The van der Waals surface area contributed by atoms with E-state index >= 15 is 0 Å². The van der Waals surface area contributed by atoms with Gasteiger partial charge in [-0.2, -0.15) is 0 Å². The quantitative estimate of drug-likeness (QED) is 0.631. The van der Waals surface area contributed by atoms with E-state index in [2.05, 4.69) is 15.0 Å². The molecule has 0 spiro atoms. The lowest BCUT2D eigenvalue weighted by molar-refractivity contribution is -0.0508. The molecule has 1 aliphatic rings. The van der Waals surface area contributed by atoms with Gasteiger partial charge in [0.1, 0.15) is 35.3 Å². The van der Waals surface area contributed by atoms with Crippen LogP contribution >= 0.6 is 11.3 Å². The predicted molar refractivity (Wildman–Crippen MR) is 86.4 cm³/mol. The summed E-state index contributed by atoms with van der Waals surface area (Å²) in [4.78, 5) is 12.9. The molecule has 0 aliphatic carbocycles. The summed E-state index contributed by atoms with van der Waals surface area (Å²) in [5, 5.41) is 33.1. The van der Waals surface area contributed by atoms with Crippen LogP contribution in [0.15, 0.2) is 24.1 Å². The molecule has 4 heterocycles. The predicted octanol–water partition coefficient (Wildman–Crippen LogP) is 0.475. The molecule has 1 fully saturated rings. The molecular weight excluding hydrogens is 332 g/mol. The molecule has 4 atom stereocenters. The second-order valence-electron chi connectivity index (χ2n) is 5.67.